The average Bonchev–Trinajstić information content (AvgIpc) is 3.09. The highest BCUT2D eigenvalue weighted by Crippen LogP contribution is 2.25. The molecule has 0 aliphatic carbocycles. The molecule has 0 spiro atoms. The molecule has 0 bridgehead atoms. The maximum absolute atomic E-state index is 5.25. The molecular weight excluding hydrogens is 264 g/mol. The van der Waals surface area contributed by atoms with Gasteiger partial charge in [0, 0.05) is 17.1 Å². The minimum Gasteiger partial charge on any atom is -0.467 e. The number of aryl methyl sites for hydroxylation is 1. The summed E-state index contributed by atoms with van der Waals surface area (Å²) in [4.78, 5) is 12.6. The first-order valence-corrected chi connectivity index (χ1v) is 6.46. The third-order valence-corrected chi connectivity index (χ3v) is 3.26. The third kappa shape index (κ3) is 2.19. The van der Waals surface area contributed by atoms with Crippen LogP contribution in [0, 0.1) is 6.92 Å². The summed E-state index contributed by atoms with van der Waals surface area (Å²) >= 11 is 1.58. The number of thiophene rings is 1. The second-order valence-corrected chi connectivity index (χ2v) is 4.57. The molecule has 0 atom stereocenters. The lowest BCUT2D eigenvalue weighted by Gasteiger charge is -2.01. The first kappa shape index (κ1) is 11.8. The van der Waals surface area contributed by atoms with E-state index in [1.807, 2.05) is 23.8 Å². The van der Waals surface area contributed by atoms with Crippen LogP contribution in [0.25, 0.3) is 22.8 Å². The molecule has 0 fully saturated rings. The van der Waals surface area contributed by atoms with E-state index in [9.17, 15) is 0 Å². The number of ether oxygens (including phenoxy) is 1. The molecular formula is C12H10N4O2S. The van der Waals surface area contributed by atoms with E-state index in [1.165, 1.54) is 7.11 Å². The lowest BCUT2D eigenvalue weighted by molar-refractivity contribution is 0.378. The van der Waals surface area contributed by atoms with E-state index < -0.39 is 0 Å². The van der Waals surface area contributed by atoms with Crippen molar-refractivity contribution in [1.29, 1.82) is 0 Å². The van der Waals surface area contributed by atoms with E-state index in [0.717, 1.165) is 11.3 Å². The van der Waals surface area contributed by atoms with Crippen molar-refractivity contribution in [2.24, 2.45) is 0 Å². The summed E-state index contributed by atoms with van der Waals surface area (Å²) in [6.45, 7) is 1.84. The highest BCUT2D eigenvalue weighted by atomic mass is 32.1. The fourth-order valence-electron chi connectivity index (χ4n) is 1.60. The van der Waals surface area contributed by atoms with Gasteiger partial charge in [-0.1, -0.05) is 5.16 Å². The number of rotatable bonds is 3. The smallest absolute Gasteiger partial charge is 0.316 e. The van der Waals surface area contributed by atoms with Crippen molar-refractivity contribution in [3.63, 3.8) is 0 Å². The van der Waals surface area contributed by atoms with E-state index in [4.69, 9.17) is 9.26 Å². The number of hydrogen-bond acceptors (Lipinski definition) is 7. The standard InChI is InChI=1S/C12H10N4O2S/c1-7-9(5-13-12(14-7)17-2)11-15-10(16-18-11)8-3-4-19-6-8/h3-6H,1-2H3. The lowest BCUT2D eigenvalue weighted by Crippen LogP contribution is -1.96. The van der Waals surface area contributed by atoms with Crippen LogP contribution in [0.1, 0.15) is 5.69 Å². The zero-order chi connectivity index (χ0) is 13.2. The van der Waals surface area contributed by atoms with Crippen LogP contribution >= 0.6 is 11.3 Å². The number of nitrogens with zero attached hydrogens (tertiary/aromatic N) is 4. The summed E-state index contributed by atoms with van der Waals surface area (Å²) in [6, 6.07) is 2.26. The van der Waals surface area contributed by atoms with Crippen molar-refractivity contribution in [2.45, 2.75) is 6.92 Å². The highest BCUT2D eigenvalue weighted by Gasteiger charge is 2.14. The van der Waals surface area contributed by atoms with Gasteiger partial charge in [0.15, 0.2) is 0 Å². The normalized spacial score (nSPS) is 10.6. The summed E-state index contributed by atoms with van der Waals surface area (Å²) in [5.74, 6) is 0.966. The largest absolute Gasteiger partial charge is 0.467 e. The Balaban J connectivity index is 1.99. The molecule has 19 heavy (non-hydrogen) atoms. The van der Waals surface area contributed by atoms with Crippen molar-refractivity contribution >= 4 is 11.3 Å². The molecule has 0 N–H and O–H groups in total. The van der Waals surface area contributed by atoms with E-state index in [1.54, 1.807) is 17.5 Å². The fourth-order valence-corrected chi connectivity index (χ4v) is 2.23. The van der Waals surface area contributed by atoms with Crippen LogP contribution in [-0.2, 0) is 0 Å². The minimum absolute atomic E-state index is 0.318. The molecule has 6 nitrogen and oxygen atoms in total. The maximum Gasteiger partial charge on any atom is 0.316 e. The molecule has 0 radical (unpaired) electrons. The SMILES string of the molecule is COc1ncc(-c2nc(-c3ccsc3)no2)c(C)n1. The predicted molar refractivity (Wildman–Crippen MR) is 69.9 cm³/mol. The molecule has 3 heterocycles. The Kier molecular flexibility index (Phi) is 2.96. The first-order chi connectivity index (χ1) is 9.28. The summed E-state index contributed by atoms with van der Waals surface area (Å²) in [7, 11) is 1.52. The van der Waals surface area contributed by atoms with Crippen molar-refractivity contribution in [1.82, 2.24) is 20.1 Å². The topological polar surface area (TPSA) is 73.9 Å². The fraction of sp³-hybridized carbons (Fsp3) is 0.167. The second-order valence-electron chi connectivity index (χ2n) is 3.79. The van der Waals surface area contributed by atoms with Gasteiger partial charge in [-0.05, 0) is 18.4 Å². The van der Waals surface area contributed by atoms with Gasteiger partial charge < -0.3 is 9.26 Å². The van der Waals surface area contributed by atoms with Crippen LogP contribution in [0.15, 0.2) is 27.5 Å². The van der Waals surface area contributed by atoms with E-state index in [2.05, 4.69) is 20.1 Å². The summed E-state index contributed by atoms with van der Waals surface area (Å²) in [5, 5.41) is 7.88. The van der Waals surface area contributed by atoms with E-state index in [0.29, 0.717) is 23.3 Å². The molecule has 3 aromatic rings. The maximum atomic E-state index is 5.25. The lowest BCUT2D eigenvalue weighted by atomic mass is 10.2. The Morgan fingerprint density at radius 1 is 1.32 bits per heavy atom. The molecule has 0 saturated heterocycles. The van der Waals surface area contributed by atoms with Crippen LogP contribution in [0.2, 0.25) is 0 Å². The molecule has 0 saturated carbocycles. The second kappa shape index (κ2) is 4.77. The summed E-state index contributed by atoms with van der Waals surface area (Å²) in [6.07, 6.45) is 1.62. The van der Waals surface area contributed by atoms with Crippen molar-refractivity contribution in [3.8, 4) is 28.9 Å². The Bertz CT molecular complexity index is 694. The van der Waals surface area contributed by atoms with Gasteiger partial charge in [-0.15, -0.1) is 0 Å². The number of aromatic nitrogens is 4. The van der Waals surface area contributed by atoms with Crippen molar-refractivity contribution < 1.29 is 9.26 Å². The zero-order valence-electron chi connectivity index (χ0n) is 10.3. The van der Waals surface area contributed by atoms with Crippen LogP contribution in [0.3, 0.4) is 0 Å². The van der Waals surface area contributed by atoms with Gasteiger partial charge in [-0.25, -0.2) is 4.98 Å². The Hall–Kier alpha value is -2.28. The molecule has 0 aromatic carbocycles. The van der Waals surface area contributed by atoms with Gasteiger partial charge in [-0.2, -0.15) is 21.3 Å². The molecule has 96 valence electrons. The monoisotopic (exact) mass is 274 g/mol. The van der Waals surface area contributed by atoms with Crippen molar-refractivity contribution in [3.05, 3.63) is 28.7 Å². The quantitative estimate of drug-likeness (QED) is 0.730. The minimum atomic E-state index is 0.318. The van der Waals surface area contributed by atoms with Crippen LogP contribution in [0.5, 0.6) is 6.01 Å². The van der Waals surface area contributed by atoms with Crippen molar-refractivity contribution in [2.75, 3.05) is 7.11 Å². The molecule has 0 aliphatic rings. The average molecular weight is 274 g/mol. The molecule has 0 unspecified atom stereocenters. The molecule has 3 aromatic heterocycles. The Morgan fingerprint density at radius 2 is 2.21 bits per heavy atom. The molecule has 0 aliphatic heterocycles. The third-order valence-electron chi connectivity index (χ3n) is 2.58. The number of methoxy groups -OCH3 is 1. The summed E-state index contributed by atoms with van der Waals surface area (Å²) < 4.78 is 10.2. The first-order valence-electron chi connectivity index (χ1n) is 5.52. The van der Waals surface area contributed by atoms with Gasteiger partial charge in [0.25, 0.3) is 5.89 Å². The Labute approximate surface area is 113 Å². The molecule has 3 rings (SSSR count). The van der Waals surface area contributed by atoms with Gasteiger partial charge in [0.1, 0.15) is 0 Å². The molecule has 7 heteroatoms. The zero-order valence-corrected chi connectivity index (χ0v) is 11.1. The van der Waals surface area contributed by atoms with Crippen LogP contribution < -0.4 is 4.74 Å². The predicted octanol–water partition coefficient (Wildman–Crippen LogP) is 2.57. The van der Waals surface area contributed by atoms with Crippen LogP contribution in [-0.4, -0.2) is 27.2 Å². The van der Waals surface area contributed by atoms with E-state index in [-0.39, 0.29) is 0 Å². The van der Waals surface area contributed by atoms with Gasteiger partial charge >= 0.3 is 6.01 Å². The van der Waals surface area contributed by atoms with Gasteiger partial charge in [0.05, 0.1) is 18.4 Å². The highest BCUT2D eigenvalue weighted by molar-refractivity contribution is 7.08. The van der Waals surface area contributed by atoms with Gasteiger partial charge in [0.2, 0.25) is 5.82 Å². The van der Waals surface area contributed by atoms with E-state index >= 15 is 0 Å². The number of hydrogen-bond donors (Lipinski definition) is 0. The Morgan fingerprint density at radius 3 is 2.89 bits per heavy atom. The summed E-state index contributed by atoms with van der Waals surface area (Å²) in [5.41, 5.74) is 2.37. The molecule has 0 amide bonds. The van der Waals surface area contributed by atoms with Gasteiger partial charge in [-0.3, -0.25) is 0 Å². The van der Waals surface area contributed by atoms with Crippen LogP contribution in [0.4, 0.5) is 0 Å².